The maximum Gasteiger partial charge on any atom is 0.289 e. The largest absolute Gasteiger partial charge is 0.459 e. The fraction of sp³-hybridized carbons (Fsp3) is 0.400. The number of hydrogen-bond donors (Lipinski definition) is 0. The number of furan rings is 1. The van der Waals surface area contributed by atoms with Crippen molar-refractivity contribution in [1.82, 2.24) is 19.6 Å². The third-order valence-corrected chi connectivity index (χ3v) is 4.34. The van der Waals surface area contributed by atoms with Gasteiger partial charge in [-0.1, -0.05) is 0 Å². The van der Waals surface area contributed by atoms with E-state index in [0.29, 0.717) is 31.9 Å². The summed E-state index contributed by atoms with van der Waals surface area (Å²) in [5.74, 6) is 0.205. The molecule has 0 spiro atoms. The van der Waals surface area contributed by atoms with Gasteiger partial charge in [-0.05, 0) is 35.0 Å². The second-order valence-electron chi connectivity index (χ2n) is 5.41. The number of rotatable bonds is 3. The van der Waals surface area contributed by atoms with Crippen molar-refractivity contribution in [2.24, 2.45) is 0 Å². The van der Waals surface area contributed by atoms with Gasteiger partial charge in [-0.3, -0.25) is 14.3 Å². The van der Waals surface area contributed by atoms with Crippen molar-refractivity contribution >= 4 is 27.7 Å². The van der Waals surface area contributed by atoms with Crippen LogP contribution >= 0.6 is 15.9 Å². The Morgan fingerprint density at radius 1 is 1.26 bits per heavy atom. The fourth-order valence-electron chi connectivity index (χ4n) is 2.59. The Bertz CT molecular complexity index is 689. The third kappa shape index (κ3) is 3.31. The van der Waals surface area contributed by atoms with E-state index in [2.05, 4.69) is 21.0 Å². The van der Waals surface area contributed by atoms with E-state index in [1.54, 1.807) is 39.0 Å². The second-order valence-corrected chi connectivity index (χ2v) is 6.33. The fourth-order valence-corrected chi connectivity index (χ4v) is 2.89. The number of carbonyl (C=O) groups excluding carboxylic acids is 2. The number of hydrogen-bond acceptors (Lipinski definition) is 4. The van der Waals surface area contributed by atoms with Crippen LogP contribution in [0.4, 0.5) is 0 Å². The lowest BCUT2D eigenvalue weighted by Gasteiger charge is -2.35. The van der Waals surface area contributed by atoms with Gasteiger partial charge in [0, 0.05) is 32.4 Å². The minimum atomic E-state index is -0.367. The topological polar surface area (TPSA) is 71.6 Å². The monoisotopic (exact) mass is 380 g/mol. The number of carbonyl (C=O) groups is 2. The van der Waals surface area contributed by atoms with E-state index < -0.39 is 0 Å². The molecule has 1 saturated heterocycles. The summed E-state index contributed by atoms with van der Waals surface area (Å²) in [5, 5.41) is 4.15. The molecular weight excluding hydrogens is 364 g/mol. The molecule has 0 bridgehead atoms. The molecule has 2 aromatic rings. The van der Waals surface area contributed by atoms with E-state index in [1.807, 2.05) is 6.92 Å². The van der Waals surface area contributed by atoms with Gasteiger partial charge in [0.1, 0.15) is 6.04 Å². The van der Waals surface area contributed by atoms with Crippen LogP contribution in [0.5, 0.6) is 0 Å². The van der Waals surface area contributed by atoms with Gasteiger partial charge in [-0.2, -0.15) is 5.10 Å². The van der Waals surface area contributed by atoms with Crippen LogP contribution in [0.3, 0.4) is 0 Å². The van der Waals surface area contributed by atoms with E-state index in [-0.39, 0.29) is 17.9 Å². The Morgan fingerprint density at radius 2 is 1.96 bits per heavy atom. The molecule has 122 valence electrons. The summed E-state index contributed by atoms with van der Waals surface area (Å²) < 4.78 is 7.60. The molecule has 1 unspecified atom stereocenters. The van der Waals surface area contributed by atoms with Crippen LogP contribution in [-0.2, 0) is 4.79 Å². The highest BCUT2D eigenvalue weighted by Gasteiger charge is 2.29. The molecule has 0 aromatic carbocycles. The zero-order valence-electron chi connectivity index (χ0n) is 12.7. The number of aromatic nitrogens is 2. The first kappa shape index (κ1) is 15.8. The van der Waals surface area contributed by atoms with Crippen molar-refractivity contribution in [2.45, 2.75) is 13.0 Å². The smallest absolute Gasteiger partial charge is 0.289 e. The summed E-state index contributed by atoms with van der Waals surface area (Å²) in [6.07, 6.45) is 4.92. The molecule has 0 radical (unpaired) electrons. The minimum Gasteiger partial charge on any atom is -0.459 e. The van der Waals surface area contributed by atoms with Gasteiger partial charge in [0.25, 0.3) is 5.91 Å². The normalized spacial score (nSPS) is 16.4. The Hall–Kier alpha value is -2.09. The Balaban J connectivity index is 1.58. The molecule has 23 heavy (non-hydrogen) atoms. The standard InChI is InChI=1S/C15H17BrN4O3/c1-11(20-10-12(16)9-17-20)14(21)18-4-6-19(7-5-18)15(22)13-3-2-8-23-13/h2-3,8-11H,4-7H2,1H3. The number of piperazine rings is 1. The highest BCUT2D eigenvalue weighted by molar-refractivity contribution is 9.10. The number of amides is 2. The first-order chi connectivity index (χ1) is 11.1. The molecule has 2 amide bonds. The van der Waals surface area contributed by atoms with Crippen molar-refractivity contribution < 1.29 is 14.0 Å². The van der Waals surface area contributed by atoms with E-state index in [9.17, 15) is 9.59 Å². The molecule has 0 aliphatic carbocycles. The third-order valence-electron chi connectivity index (χ3n) is 3.93. The molecule has 0 saturated carbocycles. The van der Waals surface area contributed by atoms with E-state index in [4.69, 9.17) is 4.42 Å². The first-order valence-corrected chi connectivity index (χ1v) is 8.17. The lowest BCUT2D eigenvalue weighted by Crippen LogP contribution is -2.51. The number of halogens is 1. The van der Waals surface area contributed by atoms with Crippen LogP contribution in [0.15, 0.2) is 39.7 Å². The van der Waals surface area contributed by atoms with Crippen molar-refractivity contribution in [2.75, 3.05) is 26.2 Å². The second kappa shape index (κ2) is 6.57. The molecule has 2 aromatic heterocycles. The molecule has 1 atom stereocenters. The molecule has 8 heteroatoms. The van der Waals surface area contributed by atoms with Crippen molar-refractivity contribution in [3.05, 3.63) is 41.0 Å². The van der Waals surface area contributed by atoms with E-state index in [0.717, 1.165) is 4.47 Å². The van der Waals surface area contributed by atoms with Crippen LogP contribution in [0.1, 0.15) is 23.5 Å². The maximum absolute atomic E-state index is 12.5. The average Bonchev–Trinajstić information content (AvgIpc) is 3.24. The summed E-state index contributed by atoms with van der Waals surface area (Å²) in [5.41, 5.74) is 0. The van der Waals surface area contributed by atoms with Gasteiger partial charge in [-0.25, -0.2) is 0 Å². The van der Waals surface area contributed by atoms with Crippen LogP contribution < -0.4 is 0 Å². The lowest BCUT2D eigenvalue weighted by atomic mass is 10.2. The summed E-state index contributed by atoms with van der Waals surface area (Å²) in [6.45, 7) is 3.85. The van der Waals surface area contributed by atoms with Crippen LogP contribution in [-0.4, -0.2) is 57.6 Å². The molecule has 1 fully saturated rings. The summed E-state index contributed by atoms with van der Waals surface area (Å²) in [4.78, 5) is 28.2. The van der Waals surface area contributed by atoms with Crippen molar-refractivity contribution in [1.29, 1.82) is 0 Å². The zero-order valence-corrected chi connectivity index (χ0v) is 14.3. The highest BCUT2D eigenvalue weighted by Crippen LogP contribution is 2.16. The minimum absolute atomic E-state index is 0.00528. The molecule has 1 aliphatic heterocycles. The van der Waals surface area contributed by atoms with Gasteiger partial charge in [0.15, 0.2) is 5.76 Å². The van der Waals surface area contributed by atoms with Crippen molar-refractivity contribution in [3.8, 4) is 0 Å². The molecule has 3 rings (SSSR count). The predicted octanol–water partition coefficient (Wildman–Crippen LogP) is 1.78. The van der Waals surface area contributed by atoms with Gasteiger partial charge in [0.05, 0.1) is 16.9 Å². The molecule has 0 N–H and O–H groups in total. The number of nitrogens with zero attached hydrogens (tertiary/aromatic N) is 4. The van der Waals surface area contributed by atoms with Gasteiger partial charge >= 0.3 is 0 Å². The molecule has 7 nitrogen and oxygen atoms in total. The van der Waals surface area contributed by atoms with Gasteiger partial charge in [0.2, 0.25) is 5.91 Å². The SMILES string of the molecule is CC(C(=O)N1CCN(C(=O)c2ccco2)CC1)n1cc(Br)cn1. The van der Waals surface area contributed by atoms with Crippen LogP contribution in [0.25, 0.3) is 0 Å². The molecule has 1 aliphatic rings. The maximum atomic E-state index is 12.5. The van der Waals surface area contributed by atoms with E-state index >= 15 is 0 Å². The Kier molecular flexibility index (Phi) is 4.51. The van der Waals surface area contributed by atoms with Crippen LogP contribution in [0.2, 0.25) is 0 Å². The van der Waals surface area contributed by atoms with Crippen molar-refractivity contribution in [3.63, 3.8) is 0 Å². The Morgan fingerprint density at radius 3 is 2.52 bits per heavy atom. The molecule has 3 heterocycles. The first-order valence-electron chi connectivity index (χ1n) is 7.37. The quantitative estimate of drug-likeness (QED) is 0.813. The van der Waals surface area contributed by atoms with Gasteiger partial charge < -0.3 is 14.2 Å². The molecular formula is C15H17BrN4O3. The predicted molar refractivity (Wildman–Crippen MR) is 85.8 cm³/mol. The van der Waals surface area contributed by atoms with E-state index in [1.165, 1.54) is 6.26 Å². The highest BCUT2D eigenvalue weighted by atomic mass is 79.9. The summed E-state index contributed by atoms with van der Waals surface area (Å²) >= 11 is 3.33. The summed E-state index contributed by atoms with van der Waals surface area (Å²) in [7, 11) is 0. The van der Waals surface area contributed by atoms with Gasteiger partial charge in [-0.15, -0.1) is 0 Å². The van der Waals surface area contributed by atoms with Crippen LogP contribution in [0, 0.1) is 0 Å². The Labute approximate surface area is 142 Å². The summed E-state index contributed by atoms with van der Waals surface area (Å²) in [6, 6.07) is 2.97. The zero-order chi connectivity index (χ0) is 16.4. The lowest BCUT2D eigenvalue weighted by molar-refractivity contribution is -0.136. The average molecular weight is 381 g/mol.